The van der Waals surface area contributed by atoms with Gasteiger partial charge in [-0.15, -0.1) is 11.3 Å². The number of carbonyl (C=O) groups excluding carboxylic acids is 1. The summed E-state index contributed by atoms with van der Waals surface area (Å²) in [4.78, 5) is 15.0. The summed E-state index contributed by atoms with van der Waals surface area (Å²) in [5.41, 5.74) is 4.26. The van der Waals surface area contributed by atoms with Gasteiger partial charge >= 0.3 is 0 Å². The second-order valence-corrected chi connectivity index (χ2v) is 7.13. The monoisotopic (exact) mass is 282 g/mol. The fourth-order valence-corrected chi connectivity index (χ4v) is 4.70. The highest BCUT2D eigenvalue weighted by Gasteiger charge is 2.28. The molecule has 0 saturated heterocycles. The summed E-state index contributed by atoms with van der Waals surface area (Å²) in [5, 5.41) is 0. The minimum Gasteiger partial charge on any atom is -0.293 e. The molecule has 0 N–H and O–H groups in total. The van der Waals surface area contributed by atoms with Crippen LogP contribution >= 0.6 is 11.3 Å². The van der Waals surface area contributed by atoms with E-state index in [0.717, 1.165) is 11.3 Å². The Morgan fingerprint density at radius 2 is 2.00 bits per heavy atom. The van der Waals surface area contributed by atoms with E-state index in [4.69, 9.17) is 0 Å². The minimum atomic E-state index is 0.351. The molecule has 102 valence electrons. The molecule has 1 aromatic heterocycles. The molecule has 20 heavy (non-hydrogen) atoms. The summed E-state index contributed by atoms with van der Waals surface area (Å²) in [6.45, 7) is 0. The van der Waals surface area contributed by atoms with Crippen molar-refractivity contribution in [2.45, 2.75) is 44.4 Å². The lowest BCUT2D eigenvalue weighted by atomic mass is 9.75. The molecular formula is C18H18OS. The van der Waals surface area contributed by atoms with Crippen LogP contribution in [0.25, 0.3) is 0 Å². The number of benzene rings is 1. The Morgan fingerprint density at radius 1 is 1.15 bits per heavy atom. The molecule has 2 aromatic rings. The van der Waals surface area contributed by atoms with Gasteiger partial charge in [-0.3, -0.25) is 4.79 Å². The molecule has 2 aliphatic rings. The number of fused-ring (bicyclic) bond motifs is 2. The molecule has 4 rings (SSSR count). The van der Waals surface area contributed by atoms with Gasteiger partial charge in [-0.05, 0) is 60.8 Å². The highest BCUT2D eigenvalue weighted by atomic mass is 32.1. The van der Waals surface area contributed by atoms with Crippen LogP contribution in [0.4, 0.5) is 0 Å². The lowest BCUT2D eigenvalue weighted by Crippen LogP contribution is -2.19. The molecule has 1 unspecified atom stereocenters. The third kappa shape index (κ3) is 2.03. The Hall–Kier alpha value is -1.41. The average molecular weight is 282 g/mol. The summed E-state index contributed by atoms with van der Waals surface area (Å²) in [5.74, 6) is 0.807. The van der Waals surface area contributed by atoms with Crippen LogP contribution in [0.1, 0.15) is 56.4 Å². The average Bonchev–Trinajstić information content (AvgIpc) is 2.88. The first-order chi connectivity index (χ1) is 9.81. The molecule has 0 amide bonds. The maximum atomic E-state index is 12.5. The molecule has 0 spiro atoms. The van der Waals surface area contributed by atoms with Crippen molar-refractivity contribution >= 4 is 17.1 Å². The van der Waals surface area contributed by atoms with E-state index in [2.05, 4.69) is 30.3 Å². The van der Waals surface area contributed by atoms with Gasteiger partial charge in [0.1, 0.15) is 0 Å². The fraction of sp³-hybridized carbons (Fsp3) is 0.389. The number of Topliss-reactive ketones (excluding diaryl/α,β-unsaturated/α-hetero) is 1. The third-order valence-electron chi connectivity index (χ3n) is 4.66. The van der Waals surface area contributed by atoms with Crippen LogP contribution in [0.15, 0.2) is 30.3 Å². The zero-order chi connectivity index (χ0) is 13.5. The van der Waals surface area contributed by atoms with Crippen molar-refractivity contribution in [1.29, 1.82) is 0 Å². The second kappa shape index (κ2) is 4.85. The summed E-state index contributed by atoms with van der Waals surface area (Å²) < 4.78 is 0. The number of rotatable bonds is 3. The van der Waals surface area contributed by atoms with Gasteiger partial charge in [0.2, 0.25) is 0 Å². The number of aryl methyl sites for hydroxylation is 2. The van der Waals surface area contributed by atoms with Crippen molar-refractivity contribution < 1.29 is 4.79 Å². The maximum Gasteiger partial charge on any atom is 0.173 e. The van der Waals surface area contributed by atoms with Crippen molar-refractivity contribution in [1.82, 2.24) is 0 Å². The zero-order valence-electron chi connectivity index (χ0n) is 11.5. The van der Waals surface area contributed by atoms with Gasteiger partial charge in [-0.2, -0.15) is 0 Å². The van der Waals surface area contributed by atoms with Gasteiger partial charge in [0.15, 0.2) is 5.78 Å². The smallest absolute Gasteiger partial charge is 0.173 e. The van der Waals surface area contributed by atoms with Crippen molar-refractivity contribution in [2.75, 3.05) is 0 Å². The van der Waals surface area contributed by atoms with E-state index in [1.54, 1.807) is 11.3 Å². The molecule has 1 nitrogen and oxygen atoms in total. The van der Waals surface area contributed by atoms with Crippen molar-refractivity contribution in [3.63, 3.8) is 0 Å². The first-order valence-electron chi connectivity index (χ1n) is 7.54. The van der Waals surface area contributed by atoms with Gasteiger partial charge < -0.3 is 0 Å². The lowest BCUT2D eigenvalue weighted by molar-refractivity contribution is 0.0974. The Labute approximate surface area is 123 Å². The molecule has 0 aliphatic heterocycles. The van der Waals surface area contributed by atoms with Gasteiger partial charge in [0.05, 0.1) is 4.88 Å². The standard InChI is InChI=1S/C18H18OS/c19-16(10-14-9-12-5-1-3-7-15(12)14)18-11-13-6-2-4-8-17(13)20-18/h1,3,5,7,11,14H,2,4,6,8-10H2. The molecule has 1 aromatic carbocycles. The molecule has 2 heteroatoms. The summed E-state index contributed by atoms with van der Waals surface area (Å²) in [6, 6.07) is 10.7. The van der Waals surface area contributed by atoms with Crippen LogP contribution in [-0.4, -0.2) is 5.78 Å². The topological polar surface area (TPSA) is 17.1 Å². The Kier molecular flexibility index (Phi) is 2.99. The first kappa shape index (κ1) is 12.3. The van der Waals surface area contributed by atoms with Crippen LogP contribution < -0.4 is 0 Å². The van der Waals surface area contributed by atoms with E-state index >= 15 is 0 Å². The van der Waals surface area contributed by atoms with Crippen LogP contribution in [-0.2, 0) is 19.3 Å². The molecule has 2 aliphatic carbocycles. The number of ketones is 1. The van der Waals surface area contributed by atoms with Crippen LogP contribution in [0.5, 0.6) is 0 Å². The van der Waals surface area contributed by atoms with Crippen molar-refractivity contribution in [2.24, 2.45) is 0 Å². The zero-order valence-corrected chi connectivity index (χ0v) is 12.3. The van der Waals surface area contributed by atoms with E-state index in [1.165, 1.54) is 47.3 Å². The first-order valence-corrected chi connectivity index (χ1v) is 8.35. The Morgan fingerprint density at radius 3 is 2.85 bits per heavy atom. The predicted molar refractivity (Wildman–Crippen MR) is 82.8 cm³/mol. The SMILES string of the molecule is O=C(CC1Cc2ccccc21)c1cc2c(s1)CCCC2. The van der Waals surface area contributed by atoms with Gasteiger partial charge in [-0.25, -0.2) is 0 Å². The van der Waals surface area contributed by atoms with Gasteiger partial charge in [0.25, 0.3) is 0 Å². The Balaban J connectivity index is 1.50. The van der Waals surface area contributed by atoms with Crippen LogP contribution in [0.3, 0.4) is 0 Å². The van der Waals surface area contributed by atoms with E-state index in [-0.39, 0.29) is 0 Å². The predicted octanol–water partition coefficient (Wildman–Crippen LogP) is 4.54. The third-order valence-corrected chi connectivity index (χ3v) is 5.94. The van der Waals surface area contributed by atoms with Gasteiger partial charge in [-0.1, -0.05) is 24.3 Å². The summed E-state index contributed by atoms with van der Waals surface area (Å²) >= 11 is 1.75. The molecule has 1 heterocycles. The number of hydrogen-bond donors (Lipinski definition) is 0. The van der Waals surface area contributed by atoms with Crippen LogP contribution in [0.2, 0.25) is 0 Å². The number of hydrogen-bond acceptors (Lipinski definition) is 2. The maximum absolute atomic E-state index is 12.5. The van der Waals surface area contributed by atoms with E-state index in [9.17, 15) is 4.79 Å². The Bertz CT molecular complexity index is 644. The highest BCUT2D eigenvalue weighted by Crippen LogP contribution is 2.39. The number of thiophene rings is 1. The number of carbonyl (C=O) groups is 1. The molecule has 0 fully saturated rings. The molecule has 0 radical (unpaired) electrons. The molecule has 0 saturated carbocycles. The van der Waals surface area contributed by atoms with E-state index in [0.29, 0.717) is 18.1 Å². The quantitative estimate of drug-likeness (QED) is 0.755. The fourth-order valence-electron chi connectivity index (χ4n) is 3.50. The van der Waals surface area contributed by atoms with Crippen molar-refractivity contribution in [3.05, 3.63) is 56.8 Å². The van der Waals surface area contributed by atoms with Crippen LogP contribution in [0, 0.1) is 0 Å². The normalized spacial score (nSPS) is 19.9. The largest absolute Gasteiger partial charge is 0.293 e. The molecule has 1 atom stereocenters. The highest BCUT2D eigenvalue weighted by molar-refractivity contribution is 7.14. The van der Waals surface area contributed by atoms with E-state index in [1.807, 2.05) is 0 Å². The summed E-state index contributed by atoms with van der Waals surface area (Å²) in [7, 11) is 0. The minimum absolute atomic E-state index is 0.351. The molecule has 0 bridgehead atoms. The summed E-state index contributed by atoms with van der Waals surface area (Å²) in [6.07, 6.45) is 6.69. The molecular weight excluding hydrogens is 264 g/mol. The van der Waals surface area contributed by atoms with Crippen molar-refractivity contribution in [3.8, 4) is 0 Å². The van der Waals surface area contributed by atoms with E-state index < -0.39 is 0 Å². The van der Waals surface area contributed by atoms with Gasteiger partial charge in [0, 0.05) is 11.3 Å². The second-order valence-electron chi connectivity index (χ2n) is 5.99. The lowest BCUT2D eigenvalue weighted by Gasteiger charge is -2.29.